The van der Waals surface area contributed by atoms with Crippen LogP contribution in [0.2, 0.25) is 0 Å². The number of para-hydroxylation sites is 1. The Morgan fingerprint density at radius 3 is 2.25 bits per heavy atom. The van der Waals surface area contributed by atoms with Crippen LogP contribution in [0.25, 0.3) is 0 Å². The molecule has 3 rings (SSSR count). The molecule has 0 aliphatic carbocycles. The number of alkyl carbamates (subject to hydrolysis) is 1. The fourth-order valence-electron chi connectivity index (χ4n) is 3.48. The molecule has 0 spiro atoms. The molecule has 0 radical (unpaired) electrons. The van der Waals surface area contributed by atoms with E-state index in [0.717, 1.165) is 7.11 Å². The van der Waals surface area contributed by atoms with Crippen LogP contribution in [0.5, 0.6) is 5.75 Å². The maximum atomic E-state index is 13.0. The molecule has 1 unspecified atom stereocenters. The van der Waals surface area contributed by atoms with E-state index in [-0.39, 0.29) is 34.3 Å². The number of hydrogen-bond acceptors (Lipinski definition) is 9. The van der Waals surface area contributed by atoms with E-state index in [0.29, 0.717) is 11.4 Å². The smallest absolute Gasteiger partial charge is 0.437 e. The first-order valence-electron chi connectivity index (χ1n) is 10.8. The van der Waals surface area contributed by atoms with Gasteiger partial charge in [0.05, 0.1) is 18.5 Å². The van der Waals surface area contributed by atoms with Crippen LogP contribution >= 0.6 is 0 Å². The Hall–Kier alpha value is -4.25. The number of dihydropyridines is 1. The molecular weight excluding hydrogens is 488 g/mol. The average Bonchev–Trinajstić information content (AvgIpc) is 2.86. The second-order valence-electron chi connectivity index (χ2n) is 7.54. The molecular formula is C25H26N2O8S. The number of hydrogen-bond donors (Lipinski definition) is 2. The summed E-state index contributed by atoms with van der Waals surface area (Å²) in [6.07, 6.45) is -0.322. The second kappa shape index (κ2) is 11.5. The Morgan fingerprint density at radius 2 is 1.61 bits per heavy atom. The summed E-state index contributed by atoms with van der Waals surface area (Å²) in [5, 5.41) is 5.51. The van der Waals surface area contributed by atoms with E-state index >= 15 is 0 Å². The number of ether oxygens (including phenoxy) is 3. The molecule has 1 aliphatic rings. The van der Waals surface area contributed by atoms with Crippen LogP contribution in [-0.2, 0) is 24.3 Å². The third kappa shape index (κ3) is 6.05. The topological polar surface area (TPSA) is 129 Å². The Labute approximate surface area is 209 Å². The highest BCUT2D eigenvalue weighted by atomic mass is 32.2. The van der Waals surface area contributed by atoms with E-state index in [1.807, 2.05) is 0 Å². The van der Waals surface area contributed by atoms with Crippen molar-refractivity contribution >= 4 is 22.4 Å². The second-order valence-corrected chi connectivity index (χ2v) is 9.09. The van der Waals surface area contributed by atoms with E-state index in [1.54, 1.807) is 50.2 Å². The fourth-order valence-corrected chi connectivity index (χ4v) is 4.46. The van der Waals surface area contributed by atoms with Gasteiger partial charge in [-0.05, 0) is 32.0 Å². The molecule has 0 saturated heterocycles. The van der Waals surface area contributed by atoms with Crippen LogP contribution in [0.1, 0.15) is 25.3 Å². The van der Waals surface area contributed by atoms with Gasteiger partial charge in [-0.2, -0.15) is 8.42 Å². The highest BCUT2D eigenvalue weighted by Crippen LogP contribution is 2.43. The number of carbonyl (C=O) groups is 2. The lowest BCUT2D eigenvalue weighted by molar-refractivity contribution is 0.0888. The van der Waals surface area contributed by atoms with E-state index in [9.17, 15) is 18.0 Å². The molecule has 11 heteroatoms. The number of nitrogens with one attached hydrogen (secondary N) is 2. The van der Waals surface area contributed by atoms with Gasteiger partial charge in [0.1, 0.15) is 28.1 Å². The zero-order valence-corrected chi connectivity index (χ0v) is 20.8. The molecule has 10 nitrogen and oxygen atoms in total. The summed E-state index contributed by atoms with van der Waals surface area (Å²) in [4.78, 5) is 24.5. The zero-order valence-electron chi connectivity index (χ0n) is 19.9. The molecule has 0 bridgehead atoms. The van der Waals surface area contributed by atoms with Gasteiger partial charge in [0, 0.05) is 12.1 Å². The van der Waals surface area contributed by atoms with Crippen LogP contribution < -0.4 is 14.8 Å². The Morgan fingerprint density at radius 1 is 1.00 bits per heavy atom. The molecule has 1 heterocycles. The monoisotopic (exact) mass is 514 g/mol. The van der Waals surface area contributed by atoms with Crippen molar-refractivity contribution in [1.82, 2.24) is 10.6 Å². The van der Waals surface area contributed by atoms with Gasteiger partial charge in [-0.1, -0.05) is 42.5 Å². The van der Waals surface area contributed by atoms with Crippen LogP contribution in [0, 0.1) is 0 Å². The van der Waals surface area contributed by atoms with Gasteiger partial charge in [0.2, 0.25) is 0 Å². The number of amides is 1. The minimum Gasteiger partial charge on any atom is -0.437 e. The third-order valence-electron chi connectivity index (χ3n) is 5.05. The molecule has 2 aromatic rings. The quantitative estimate of drug-likeness (QED) is 0.301. The normalized spacial score (nSPS) is 15.5. The summed E-state index contributed by atoms with van der Waals surface area (Å²) in [6, 6.07) is 13.9. The van der Waals surface area contributed by atoms with E-state index < -0.39 is 28.3 Å². The summed E-state index contributed by atoms with van der Waals surface area (Å²) in [6.45, 7) is 7.00. The molecule has 0 fully saturated rings. The molecule has 190 valence electrons. The molecule has 1 amide bonds. The van der Waals surface area contributed by atoms with Crippen molar-refractivity contribution in [1.29, 1.82) is 0 Å². The number of carbonyl (C=O) groups excluding carboxylic acids is 2. The molecule has 0 aromatic heterocycles. The van der Waals surface area contributed by atoms with Crippen molar-refractivity contribution in [3.63, 3.8) is 0 Å². The van der Waals surface area contributed by atoms with Crippen LogP contribution in [0.4, 0.5) is 9.59 Å². The molecule has 1 aliphatic heterocycles. The highest BCUT2D eigenvalue weighted by Gasteiger charge is 2.37. The van der Waals surface area contributed by atoms with Gasteiger partial charge in [0.25, 0.3) is 0 Å². The summed E-state index contributed by atoms with van der Waals surface area (Å²) in [5.41, 5.74) is 1.12. The number of rotatable bonds is 8. The predicted molar refractivity (Wildman–Crippen MR) is 130 cm³/mol. The van der Waals surface area contributed by atoms with Crippen molar-refractivity contribution in [2.45, 2.75) is 24.7 Å². The van der Waals surface area contributed by atoms with Gasteiger partial charge in [0.15, 0.2) is 0 Å². The van der Waals surface area contributed by atoms with Crippen molar-refractivity contribution in [3.05, 3.63) is 95.7 Å². The summed E-state index contributed by atoms with van der Waals surface area (Å²) >= 11 is 0. The van der Waals surface area contributed by atoms with E-state index in [1.165, 1.54) is 24.3 Å². The van der Waals surface area contributed by atoms with Crippen molar-refractivity contribution < 1.29 is 36.4 Å². The molecule has 2 aromatic carbocycles. The Kier molecular flexibility index (Phi) is 8.38. The first-order chi connectivity index (χ1) is 17.2. The van der Waals surface area contributed by atoms with Gasteiger partial charge in [-0.25, -0.2) is 9.59 Å². The van der Waals surface area contributed by atoms with Crippen LogP contribution in [0.3, 0.4) is 0 Å². The van der Waals surface area contributed by atoms with Crippen molar-refractivity contribution in [3.8, 4) is 5.75 Å². The van der Waals surface area contributed by atoms with Crippen molar-refractivity contribution in [2.24, 2.45) is 0 Å². The Balaban J connectivity index is 2.12. The van der Waals surface area contributed by atoms with Crippen LogP contribution in [0.15, 0.2) is 95.1 Å². The molecule has 0 saturated carbocycles. The van der Waals surface area contributed by atoms with E-state index in [4.69, 9.17) is 13.7 Å². The minimum absolute atomic E-state index is 0.0344. The lowest BCUT2D eigenvalue weighted by atomic mass is 9.90. The lowest BCUT2D eigenvalue weighted by Crippen LogP contribution is -2.32. The number of benzene rings is 2. The van der Waals surface area contributed by atoms with Crippen molar-refractivity contribution in [2.75, 3.05) is 13.7 Å². The lowest BCUT2D eigenvalue weighted by Gasteiger charge is -2.31. The largest absolute Gasteiger partial charge is 0.513 e. The summed E-state index contributed by atoms with van der Waals surface area (Å²) in [7, 11) is -3.06. The SMILES string of the molecule is C=CCNC(=O)OC1=C(C)NC(C)=C(OC(=O)OC)C1c1ccccc1OS(=O)(=O)c1ccccc1. The Bertz CT molecular complexity index is 1320. The van der Waals surface area contributed by atoms with Gasteiger partial charge in [-0.15, -0.1) is 6.58 Å². The summed E-state index contributed by atoms with van der Waals surface area (Å²) < 4.78 is 47.1. The maximum absolute atomic E-state index is 13.0. The number of allylic oxidation sites excluding steroid dienone is 2. The maximum Gasteiger partial charge on any atom is 0.513 e. The van der Waals surface area contributed by atoms with Crippen LogP contribution in [-0.4, -0.2) is 34.3 Å². The van der Waals surface area contributed by atoms with Gasteiger partial charge in [-0.3, -0.25) is 0 Å². The standard InChI is InChI=1S/C25H26N2O8S/c1-5-15-26-24(28)33-22-16(2)27-17(3)23(34-25(29)32-4)21(22)19-13-9-10-14-20(19)35-36(30,31)18-11-7-6-8-12-18/h5-14,21,27H,1,15H2,2-4H3,(H,26,28). The molecule has 2 N–H and O–H groups in total. The fraction of sp³-hybridized carbons (Fsp3) is 0.200. The average molecular weight is 515 g/mol. The third-order valence-corrected chi connectivity index (χ3v) is 6.30. The zero-order chi connectivity index (χ0) is 26.3. The summed E-state index contributed by atoms with van der Waals surface area (Å²) in [5.74, 6) is -0.990. The van der Waals surface area contributed by atoms with Gasteiger partial charge >= 0.3 is 22.4 Å². The predicted octanol–water partition coefficient (Wildman–Crippen LogP) is 4.30. The number of methoxy groups -OCH3 is 1. The first-order valence-corrected chi connectivity index (χ1v) is 12.2. The van der Waals surface area contributed by atoms with Gasteiger partial charge < -0.3 is 29.0 Å². The first kappa shape index (κ1) is 26.4. The highest BCUT2D eigenvalue weighted by molar-refractivity contribution is 7.87. The minimum atomic E-state index is -4.21. The molecule has 1 atom stereocenters. The molecule has 36 heavy (non-hydrogen) atoms. The van der Waals surface area contributed by atoms with E-state index in [2.05, 4.69) is 21.9 Å².